The van der Waals surface area contributed by atoms with Crippen LogP contribution in [0.25, 0.3) is 0 Å². The predicted octanol–water partition coefficient (Wildman–Crippen LogP) is 12.0. The lowest BCUT2D eigenvalue weighted by Crippen LogP contribution is -3.00. The molecule has 1 rings (SSSR count). The van der Waals surface area contributed by atoms with Gasteiger partial charge in [-0.25, -0.2) is 0 Å². The van der Waals surface area contributed by atoms with Crippen LogP contribution in [0, 0.1) is 10.1 Å². The molecule has 0 aliphatic rings. The summed E-state index contributed by atoms with van der Waals surface area (Å²) in [6.45, 7) is 8.57. The van der Waals surface area contributed by atoms with Gasteiger partial charge in [-0.05, 0) is 37.8 Å². The van der Waals surface area contributed by atoms with E-state index in [2.05, 4.69) is 20.9 Å². The van der Waals surface area contributed by atoms with Gasteiger partial charge in [-0.2, -0.15) is 0 Å². The molecule has 0 spiro atoms. The SMILES string of the molecule is CCCCCCCCCCCCCCCCCC[N+](C)(CCCCCCCCCCCCCCCCCC)Cc1cc(OC(C)=O)ccc1[N+](=O)[O-].[Br-]. The fourth-order valence-electron chi connectivity index (χ4n) is 7.86. The molecule has 0 fully saturated rings. The van der Waals surface area contributed by atoms with Crippen molar-refractivity contribution in [1.82, 2.24) is 0 Å². The van der Waals surface area contributed by atoms with E-state index in [4.69, 9.17) is 4.74 Å². The predicted molar refractivity (Wildman–Crippen MR) is 223 cm³/mol. The number of carbonyl (C=O) groups is 1. The first-order chi connectivity index (χ1) is 25.3. The number of quaternary nitrogens is 1. The second-order valence-corrected chi connectivity index (χ2v) is 16.5. The van der Waals surface area contributed by atoms with Crippen molar-refractivity contribution < 1.29 is 35.9 Å². The summed E-state index contributed by atoms with van der Waals surface area (Å²) in [6, 6.07) is 4.76. The molecule has 0 aliphatic carbocycles. The Balaban J connectivity index is 0.0000270. The molecular weight excluding hydrogens is 724 g/mol. The minimum Gasteiger partial charge on any atom is -1.00 e. The minimum atomic E-state index is -0.404. The summed E-state index contributed by atoms with van der Waals surface area (Å²) in [6.07, 6.45) is 43.4. The molecule has 0 radical (unpaired) electrons. The van der Waals surface area contributed by atoms with Crippen molar-refractivity contribution in [1.29, 1.82) is 0 Å². The maximum absolute atomic E-state index is 12.0. The zero-order valence-electron chi connectivity index (χ0n) is 35.4. The summed E-state index contributed by atoms with van der Waals surface area (Å²) in [5.74, 6) is -0.0112. The van der Waals surface area contributed by atoms with E-state index in [1.807, 2.05) is 0 Å². The van der Waals surface area contributed by atoms with Gasteiger partial charge >= 0.3 is 5.97 Å². The van der Waals surface area contributed by atoms with E-state index in [-0.39, 0.29) is 27.6 Å². The number of unbranched alkanes of at least 4 members (excludes halogenated alkanes) is 30. The Kier molecular flexibility index (Phi) is 35.2. The summed E-state index contributed by atoms with van der Waals surface area (Å²) in [4.78, 5) is 23.3. The second-order valence-electron chi connectivity index (χ2n) is 16.5. The van der Waals surface area contributed by atoms with Crippen LogP contribution in [0.2, 0.25) is 0 Å². The molecule has 0 unspecified atom stereocenters. The van der Waals surface area contributed by atoms with Crippen LogP contribution >= 0.6 is 0 Å². The number of nitro benzene ring substituents is 1. The third-order valence-electron chi connectivity index (χ3n) is 11.2. The second kappa shape index (κ2) is 36.2. The molecule has 6 nitrogen and oxygen atoms in total. The highest BCUT2D eigenvalue weighted by atomic mass is 79.9. The highest BCUT2D eigenvalue weighted by Crippen LogP contribution is 2.29. The van der Waals surface area contributed by atoms with Gasteiger partial charge in [-0.3, -0.25) is 14.9 Å². The van der Waals surface area contributed by atoms with Crippen LogP contribution in [0.15, 0.2) is 18.2 Å². The van der Waals surface area contributed by atoms with Crippen molar-refractivity contribution in [2.24, 2.45) is 0 Å². The maximum atomic E-state index is 12.0. The van der Waals surface area contributed by atoms with Gasteiger partial charge in [0, 0.05) is 13.0 Å². The first-order valence-electron chi connectivity index (χ1n) is 22.6. The first-order valence-corrected chi connectivity index (χ1v) is 22.6. The number of rotatable bonds is 38. The van der Waals surface area contributed by atoms with Gasteiger partial charge < -0.3 is 26.2 Å². The molecule has 310 valence electrons. The Morgan fingerprint density at radius 1 is 0.566 bits per heavy atom. The van der Waals surface area contributed by atoms with E-state index in [1.165, 1.54) is 206 Å². The normalized spacial score (nSPS) is 11.5. The highest BCUT2D eigenvalue weighted by Gasteiger charge is 2.27. The van der Waals surface area contributed by atoms with Gasteiger partial charge in [-0.1, -0.05) is 194 Å². The van der Waals surface area contributed by atoms with E-state index in [0.717, 1.165) is 30.4 Å². The van der Waals surface area contributed by atoms with E-state index < -0.39 is 5.97 Å². The van der Waals surface area contributed by atoms with Gasteiger partial charge in [-0.15, -0.1) is 0 Å². The fourth-order valence-corrected chi connectivity index (χ4v) is 7.86. The van der Waals surface area contributed by atoms with Crippen LogP contribution in [0.4, 0.5) is 5.69 Å². The smallest absolute Gasteiger partial charge is 0.308 e. The summed E-state index contributed by atoms with van der Waals surface area (Å²) in [5, 5.41) is 12.0. The van der Waals surface area contributed by atoms with Gasteiger partial charge in [0.1, 0.15) is 12.3 Å². The number of ether oxygens (including phenoxy) is 1. The highest BCUT2D eigenvalue weighted by molar-refractivity contribution is 5.69. The average molecular weight is 810 g/mol. The molecule has 0 heterocycles. The molecule has 0 amide bonds. The molecule has 1 aromatic carbocycles. The molecule has 0 N–H and O–H groups in total. The lowest BCUT2D eigenvalue weighted by molar-refractivity contribution is -0.923. The van der Waals surface area contributed by atoms with E-state index >= 15 is 0 Å². The lowest BCUT2D eigenvalue weighted by Gasteiger charge is -2.35. The van der Waals surface area contributed by atoms with E-state index in [1.54, 1.807) is 12.1 Å². The molecule has 0 atom stereocenters. The van der Waals surface area contributed by atoms with Crippen LogP contribution in [-0.2, 0) is 11.3 Å². The zero-order chi connectivity index (χ0) is 38.0. The Morgan fingerprint density at radius 2 is 0.868 bits per heavy atom. The van der Waals surface area contributed by atoms with Gasteiger partial charge in [0.25, 0.3) is 5.69 Å². The van der Waals surface area contributed by atoms with E-state index in [0.29, 0.717) is 17.9 Å². The van der Waals surface area contributed by atoms with Crippen LogP contribution in [-0.4, -0.2) is 35.5 Å². The zero-order valence-corrected chi connectivity index (χ0v) is 37.0. The number of carbonyl (C=O) groups excluding carboxylic acids is 1. The van der Waals surface area contributed by atoms with Crippen LogP contribution in [0.1, 0.15) is 232 Å². The quantitative estimate of drug-likeness (QED) is 0.0167. The summed E-state index contributed by atoms with van der Waals surface area (Å²) in [7, 11) is 2.28. The molecule has 7 heteroatoms. The molecule has 1 aromatic rings. The van der Waals surface area contributed by atoms with Crippen molar-refractivity contribution in [3.63, 3.8) is 0 Å². The number of hydrogen-bond acceptors (Lipinski definition) is 4. The standard InChI is InChI=1S/C46H85N2O4.BrH/c1-5-7-9-11-13-15-17-19-21-23-25-27-29-31-33-35-39-48(4,42-44-41-45(52-43(3)49)37-38-46(44)47(50)51)40-36-34-32-30-28-26-24-22-20-18-16-14-12-10-8-6-2;/h37-38,41H,5-36,39-40,42H2,1-4H3;1H/q+1;/p-1. The van der Waals surface area contributed by atoms with Crippen molar-refractivity contribution in [3.8, 4) is 5.75 Å². The number of nitro groups is 1. The van der Waals surface area contributed by atoms with Crippen molar-refractivity contribution >= 4 is 11.7 Å². The van der Waals surface area contributed by atoms with Gasteiger partial charge in [0.05, 0.1) is 30.6 Å². The topological polar surface area (TPSA) is 69.4 Å². The largest absolute Gasteiger partial charge is 1.00 e. The third kappa shape index (κ3) is 30.4. The molecule has 0 bridgehead atoms. The fraction of sp³-hybridized carbons (Fsp3) is 0.848. The number of benzene rings is 1. The number of hydrogen-bond donors (Lipinski definition) is 0. The van der Waals surface area contributed by atoms with Crippen LogP contribution in [0.5, 0.6) is 5.75 Å². The van der Waals surface area contributed by atoms with Crippen molar-refractivity contribution in [3.05, 3.63) is 33.9 Å². The monoisotopic (exact) mass is 809 g/mol. The summed E-state index contributed by atoms with van der Waals surface area (Å²) in [5.41, 5.74) is 0.790. The molecular formula is C46H85BrN2O4. The Bertz CT molecular complexity index is 968. The molecule has 0 aromatic heterocycles. The Morgan fingerprint density at radius 3 is 1.15 bits per heavy atom. The van der Waals surface area contributed by atoms with Crippen LogP contribution in [0.3, 0.4) is 0 Å². The maximum Gasteiger partial charge on any atom is 0.308 e. The molecule has 0 saturated carbocycles. The number of nitrogens with zero attached hydrogens (tertiary/aromatic N) is 2. The molecule has 0 saturated heterocycles. The van der Waals surface area contributed by atoms with Crippen molar-refractivity contribution in [2.45, 2.75) is 233 Å². The average Bonchev–Trinajstić information content (AvgIpc) is 3.11. The Hall–Kier alpha value is -1.47. The number of halogens is 1. The lowest BCUT2D eigenvalue weighted by atomic mass is 10.0. The Labute approximate surface area is 338 Å². The summed E-state index contributed by atoms with van der Waals surface area (Å²) >= 11 is 0. The van der Waals surface area contributed by atoms with Gasteiger partial charge in [0.2, 0.25) is 0 Å². The third-order valence-corrected chi connectivity index (χ3v) is 11.2. The minimum absolute atomic E-state index is 0. The first kappa shape index (κ1) is 51.5. The molecule has 53 heavy (non-hydrogen) atoms. The van der Waals surface area contributed by atoms with E-state index in [9.17, 15) is 14.9 Å². The van der Waals surface area contributed by atoms with Crippen LogP contribution < -0.4 is 21.7 Å². The molecule has 0 aliphatic heterocycles. The van der Waals surface area contributed by atoms with Crippen molar-refractivity contribution in [2.75, 3.05) is 20.1 Å². The van der Waals surface area contributed by atoms with Gasteiger partial charge in [0.15, 0.2) is 0 Å². The summed E-state index contributed by atoms with van der Waals surface area (Å²) < 4.78 is 6.12. The number of esters is 1.